The van der Waals surface area contributed by atoms with Crippen LogP contribution in [0.1, 0.15) is 36.2 Å². The molecule has 0 aliphatic heterocycles. The summed E-state index contributed by atoms with van der Waals surface area (Å²) in [5.41, 5.74) is 2.73. The van der Waals surface area contributed by atoms with Crippen LogP contribution in [0.5, 0.6) is 5.75 Å². The molecule has 0 heterocycles. The van der Waals surface area contributed by atoms with E-state index in [-0.39, 0.29) is 24.2 Å². The lowest BCUT2D eigenvalue weighted by Crippen LogP contribution is -2.20. The van der Waals surface area contributed by atoms with Crippen LogP contribution in [0, 0.1) is 6.92 Å². The minimum absolute atomic E-state index is 0.0589. The van der Waals surface area contributed by atoms with Gasteiger partial charge in [-0.05, 0) is 48.9 Å². The Labute approximate surface area is 152 Å². The number of ether oxygens (including phenoxy) is 1. The van der Waals surface area contributed by atoms with Crippen molar-refractivity contribution in [3.8, 4) is 5.75 Å². The van der Waals surface area contributed by atoms with Crippen LogP contribution < -0.4 is 15.4 Å². The SMILES string of the molecule is CCC(=O)c1ccc(OCC(=O)Nc2ccc(C)c(NC(C)=O)c2)cc1. The van der Waals surface area contributed by atoms with Crippen LogP contribution in [0.25, 0.3) is 0 Å². The number of anilines is 2. The Hall–Kier alpha value is -3.15. The first-order valence-corrected chi connectivity index (χ1v) is 8.33. The van der Waals surface area contributed by atoms with Crippen molar-refractivity contribution in [3.05, 3.63) is 53.6 Å². The summed E-state index contributed by atoms with van der Waals surface area (Å²) >= 11 is 0. The molecule has 0 bridgehead atoms. The van der Waals surface area contributed by atoms with E-state index < -0.39 is 0 Å². The molecular formula is C20H22N2O4. The van der Waals surface area contributed by atoms with E-state index in [1.54, 1.807) is 43.3 Å². The maximum atomic E-state index is 12.0. The van der Waals surface area contributed by atoms with Gasteiger partial charge >= 0.3 is 0 Å². The number of amides is 2. The summed E-state index contributed by atoms with van der Waals surface area (Å²) in [5.74, 6) is 0.0699. The van der Waals surface area contributed by atoms with E-state index in [2.05, 4.69) is 10.6 Å². The van der Waals surface area contributed by atoms with Crippen LogP contribution >= 0.6 is 0 Å². The molecule has 0 saturated heterocycles. The Balaban J connectivity index is 1.92. The summed E-state index contributed by atoms with van der Waals surface area (Å²) in [6.07, 6.45) is 0.444. The molecule has 0 aliphatic carbocycles. The smallest absolute Gasteiger partial charge is 0.262 e. The van der Waals surface area contributed by atoms with Gasteiger partial charge in [0, 0.05) is 30.3 Å². The van der Waals surface area contributed by atoms with Crippen molar-refractivity contribution in [1.29, 1.82) is 0 Å². The molecule has 26 heavy (non-hydrogen) atoms. The normalized spacial score (nSPS) is 10.1. The fraction of sp³-hybridized carbons (Fsp3) is 0.250. The fourth-order valence-corrected chi connectivity index (χ4v) is 2.31. The third kappa shape index (κ3) is 5.44. The molecule has 2 rings (SSSR count). The van der Waals surface area contributed by atoms with E-state index in [1.165, 1.54) is 6.92 Å². The molecule has 0 unspecified atom stereocenters. The first-order valence-electron chi connectivity index (χ1n) is 8.33. The second-order valence-electron chi connectivity index (χ2n) is 5.85. The van der Waals surface area contributed by atoms with Gasteiger partial charge < -0.3 is 15.4 Å². The number of benzene rings is 2. The monoisotopic (exact) mass is 354 g/mol. The fourth-order valence-electron chi connectivity index (χ4n) is 2.31. The summed E-state index contributed by atoms with van der Waals surface area (Å²) in [4.78, 5) is 34.8. The standard InChI is InChI=1S/C20H22N2O4/c1-4-19(24)15-6-9-17(10-7-15)26-12-20(25)22-16-8-5-13(2)18(11-16)21-14(3)23/h5-11H,4,12H2,1-3H3,(H,21,23)(H,22,25). The number of rotatable bonds is 7. The lowest BCUT2D eigenvalue weighted by atomic mass is 10.1. The molecular weight excluding hydrogens is 332 g/mol. The van der Waals surface area contributed by atoms with Crippen LogP contribution in [-0.4, -0.2) is 24.2 Å². The average molecular weight is 354 g/mol. The predicted octanol–water partition coefficient (Wildman–Crippen LogP) is 3.56. The first-order chi connectivity index (χ1) is 12.4. The molecule has 0 fully saturated rings. The zero-order valence-corrected chi connectivity index (χ0v) is 15.1. The number of nitrogens with one attached hydrogen (secondary N) is 2. The molecule has 0 aromatic heterocycles. The van der Waals surface area contributed by atoms with Crippen molar-refractivity contribution >= 4 is 29.0 Å². The largest absolute Gasteiger partial charge is 0.484 e. The van der Waals surface area contributed by atoms with Gasteiger partial charge in [-0.2, -0.15) is 0 Å². The second-order valence-corrected chi connectivity index (χ2v) is 5.85. The zero-order valence-electron chi connectivity index (χ0n) is 15.1. The van der Waals surface area contributed by atoms with Crippen molar-refractivity contribution in [2.75, 3.05) is 17.2 Å². The van der Waals surface area contributed by atoms with Gasteiger partial charge in [-0.25, -0.2) is 0 Å². The summed E-state index contributed by atoms with van der Waals surface area (Å²) in [6.45, 7) is 4.94. The molecule has 6 heteroatoms. The molecule has 0 saturated carbocycles. The van der Waals surface area contributed by atoms with E-state index in [9.17, 15) is 14.4 Å². The number of ketones is 1. The predicted molar refractivity (Wildman–Crippen MR) is 101 cm³/mol. The number of aryl methyl sites for hydroxylation is 1. The number of carbonyl (C=O) groups is 3. The number of carbonyl (C=O) groups excluding carboxylic acids is 3. The Morgan fingerprint density at radius 2 is 1.69 bits per heavy atom. The average Bonchev–Trinajstić information content (AvgIpc) is 2.62. The van der Waals surface area contributed by atoms with E-state index >= 15 is 0 Å². The van der Waals surface area contributed by atoms with Crippen molar-refractivity contribution in [2.45, 2.75) is 27.2 Å². The van der Waals surface area contributed by atoms with Crippen LogP contribution in [0.2, 0.25) is 0 Å². The molecule has 6 nitrogen and oxygen atoms in total. The van der Waals surface area contributed by atoms with Crippen LogP contribution in [0.4, 0.5) is 11.4 Å². The van der Waals surface area contributed by atoms with Gasteiger partial charge in [0.1, 0.15) is 5.75 Å². The van der Waals surface area contributed by atoms with Crippen molar-refractivity contribution in [2.24, 2.45) is 0 Å². The number of hydrogen-bond acceptors (Lipinski definition) is 4. The van der Waals surface area contributed by atoms with Gasteiger partial charge in [0.05, 0.1) is 0 Å². The van der Waals surface area contributed by atoms with Gasteiger partial charge in [-0.3, -0.25) is 14.4 Å². The highest BCUT2D eigenvalue weighted by atomic mass is 16.5. The van der Waals surface area contributed by atoms with Crippen molar-refractivity contribution in [3.63, 3.8) is 0 Å². The summed E-state index contributed by atoms with van der Waals surface area (Å²) in [7, 11) is 0. The van der Waals surface area contributed by atoms with Gasteiger partial charge in [0.25, 0.3) is 5.91 Å². The molecule has 0 radical (unpaired) electrons. The number of hydrogen-bond donors (Lipinski definition) is 2. The van der Waals surface area contributed by atoms with Crippen molar-refractivity contribution in [1.82, 2.24) is 0 Å². The molecule has 2 N–H and O–H groups in total. The molecule has 2 aromatic rings. The summed E-state index contributed by atoms with van der Waals surface area (Å²) in [5, 5.41) is 5.44. The lowest BCUT2D eigenvalue weighted by Gasteiger charge is -2.11. The summed E-state index contributed by atoms with van der Waals surface area (Å²) < 4.78 is 5.43. The van der Waals surface area contributed by atoms with Gasteiger partial charge in [0.2, 0.25) is 5.91 Å². The lowest BCUT2D eigenvalue weighted by molar-refractivity contribution is -0.118. The molecule has 2 amide bonds. The van der Waals surface area contributed by atoms with Gasteiger partial charge in [-0.15, -0.1) is 0 Å². The minimum atomic E-state index is -0.323. The quantitative estimate of drug-likeness (QED) is 0.745. The van der Waals surface area contributed by atoms with E-state index in [0.29, 0.717) is 29.1 Å². The highest BCUT2D eigenvalue weighted by Gasteiger charge is 2.08. The Kier molecular flexibility index (Phi) is 6.49. The first kappa shape index (κ1) is 19.2. The molecule has 2 aromatic carbocycles. The third-order valence-corrected chi connectivity index (χ3v) is 3.70. The molecule has 0 atom stereocenters. The van der Waals surface area contributed by atoms with E-state index in [1.807, 2.05) is 13.0 Å². The topological polar surface area (TPSA) is 84.5 Å². The maximum Gasteiger partial charge on any atom is 0.262 e. The van der Waals surface area contributed by atoms with Crippen LogP contribution in [-0.2, 0) is 9.59 Å². The van der Waals surface area contributed by atoms with Gasteiger partial charge in [0.15, 0.2) is 12.4 Å². The van der Waals surface area contributed by atoms with Crippen molar-refractivity contribution < 1.29 is 19.1 Å². The Morgan fingerprint density at radius 1 is 1.00 bits per heavy atom. The van der Waals surface area contributed by atoms with E-state index in [4.69, 9.17) is 4.74 Å². The van der Waals surface area contributed by atoms with E-state index in [0.717, 1.165) is 5.56 Å². The van der Waals surface area contributed by atoms with Gasteiger partial charge in [-0.1, -0.05) is 13.0 Å². The van der Waals surface area contributed by atoms with Crippen LogP contribution in [0.15, 0.2) is 42.5 Å². The highest BCUT2D eigenvalue weighted by Crippen LogP contribution is 2.20. The molecule has 0 spiro atoms. The maximum absolute atomic E-state index is 12.0. The molecule has 136 valence electrons. The third-order valence-electron chi connectivity index (χ3n) is 3.70. The zero-order chi connectivity index (χ0) is 19.1. The Morgan fingerprint density at radius 3 is 2.31 bits per heavy atom. The van der Waals surface area contributed by atoms with Crippen LogP contribution in [0.3, 0.4) is 0 Å². The highest BCUT2D eigenvalue weighted by molar-refractivity contribution is 5.96. The second kappa shape index (κ2) is 8.80. The Bertz CT molecular complexity index is 813. The molecule has 0 aliphatic rings. The summed E-state index contributed by atoms with van der Waals surface area (Å²) in [6, 6.07) is 11.9. The minimum Gasteiger partial charge on any atom is -0.484 e. The number of Topliss-reactive ketones (excluding diaryl/α,β-unsaturated/α-hetero) is 1.